The molecule has 10 heteroatoms. The van der Waals surface area contributed by atoms with Crippen LogP contribution in [0.1, 0.15) is 22.3 Å². The normalized spacial score (nSPS) is 17.9. The van der Waals surface area contributed by atoms with Crippen LogP contribution >= 0.6 is 0 Å². The van der Waals surface area contributed by atoms with Gasteiger partial charge in [-0.15, -0.1) is 0 Å². The zero-order valence-corrected chi connectivity index (χ0v) is 20.0. The molecule has 0 atom stereocenters. The first-order chi connectivity index (χ1) is 17.7. The van der Waals surface area contributed by atoms with Crippen molar-refractivity contribution in [1.82, 2.24) is 25.9 Å². The Morgan fingerprint density at radius 2 is 1.81 bits per heavy atom. The number of fused-ring (bicyclic) bond motifs is 3. The summed E-state index contributed by atoms with van der Waals surface area (Å²) in [5.74, 6) is -0.145. The van der Waals surface area contributed by atoms with Crippen LogP contribution < -0.4 is 21.0 Å². The van der Waals surface area contributed by atoms with Crippen LogP contribution in [0.4, 0.5) is 16.2 Å². The van der Waals surface area contributed by atoms with Crippen molar-refractivity contribution in [3.63, 3.8) is 0 Å². The molecule has 2 aromatic carbocycles. The van der Waals surface area contributed by atoms with Crippen molar-refractivity contribution in [2.45, 2.75) is 6.42 Å². The Morgan fingerprint density at radius 3 is 2.64 bits per heavy atom. The van der Waals surface area contributed by atoms with Crippen molar-refractivity contribution in [3.05, 3.63) is 53.6 Å². The van der Waals surface area contributed by atoms with E-state index in [1.54, 1.807) is 11.1 Å². The third kappa shape index (κ3) is 4.23. The van der Waals surface area contributed by atoms with Crippen LogP contribution in [0.25, 0.3) is 22.5 Å². The van der Waals surface area contributed by atoms with E-state index in [1.165, 1.54) is 5.69 Å². The van der Waals surface area contributed by atoms with Crippen LogP contribution in [0, 0.1) is 0 Å². The van der Waals surface area contributed by atoms with Gasteiger partial charge in [0.2, 0.25) is 0 Å². The van der Waals surface area contributed by atoms with Gasteiger partial charge in [-0.05, 0) is 31.2 Å². The Balaban J connectivity index is 1.23. The number of rotatable bonds is 4. The van der Waals surface area contributed by atoms with Crippen LogP contribution in [0.3, 0.4) is 0 Å². The highest BCUT2D eigenvalue weighted by Crippen LogP contribution is 2.43. The van der Waals surface area contributed by atoms with E-state index in [9.17, 15) is 9.59 Å². The predicted octanol–water partition coefficient (Wildman–Crippen LogP) is 2.46. The lowest BCUT2D eigenvalue weighted by Crippen LogP contribution is -2.49. The third-order valence-corrected chi connectivity index (χ3v) is 6.92. The van der Waals surface area contributed by atoms with Gasteiger partial charge in [0, 0.05) is 49.5 Å². The predicted molar refractivity (Wildman–Crippen MR) is 137 cm³/mol. The molecule has 0 radical (unpaired) electrons. The lowest BCUT2D eigenvalue weighted by molar-refractivity contribution is 0.0207. The Kier molecular flexibility index (Phi) is 6.14. The molecule has 0 saturated carbocycles. The van der Waals surface area contributed by atoms with Crippen LogP contribution in [-0.4, -0.2) is 79.5 Å². The van der Waals surface area contributed by atoms with Gasteiger partial charge in [0.05, 0.1) is 35.7 Å². The first-order valence-corrected chi connectivity index (χ1v) is 12.4. The highest BCUT2D eigenvalue weighted by Gasteiger charge is 2.35. The zero-order chi connectivity index (χ0) is 24.5. The van der Waals surface area contributed by atoms with Gasteiger partial charge >= 0.3 is 6.03 Å². The molecule has 2 saturated heterocycles. The summed E-state index contributed by atoms with van der Waals surface area (Å²) in [5.41, 5.74) is 8.42. The smallest absolute Gasteiger partial charge is 0.333 e. The fourth-order valence-electron chi connectivity index (χ4n) is 5.10. The van der Waals surface area contributed by atoms with Crippen LogP contribution in [0.5, 0.6) is 0 Å². The number of benzene rings is 2. The lowest BCUT2D eigenvalue weighted by atomic mass is 10.0. The van der Waals surface area contributed by atoms with E-state index in [2.05, 4.69) is 43.3 Å². The van der Waals surface area contributed by atoms with Crippen molar-refractivity contribution >= 4 is 23.2 Å². The molecule has 2 fully saturated rings. The first-order valence-electron chi connectivity index (χ1n) is 12.4. The number of nitrogens with one attached hydrogen (secondary N) is 4. The molecule has 6 rings (SSSR count). The van der Waals surface area contributed by atoms with Gasteiger partial charge in [-0.2, -0.15) is 5.10 Å². The molecule has 2 amide bonds. The van der Waals surface area contributed by atoms with Crippen molar-refractivity contribution in [2.75, 3.05) is 62.7 Å². The molecule has 3 heterocycles. The summed E-state index contributed by atoms with van der Waals surface area (Å²) in [7, 11) is 0. The highest BCUT2D eigenvalue weighted by molar-refractivity contribution is 6.26. The number of hydrogen-bond donors (Lipinski definition) is 4. The number of morpholine rings is 1. The summed E-state index contributed by atoms with van der Waals surface area (Å²) in [6.07, 6.45) is 1.11. The number of hydrogen-bond acceptors (Lipinski definition) is 7. The molecule has 4 N–H and O–H groups in total. The van der Waals surface area contributed by atoms with Crippen molar-refractivity contribution < 1.29 is 14.3 Å². The van der Waals surface area contributed by atoms with E-state index in [4.69, 9.17) is 4.74 Å². The fraction of sp³-hybridized carbons (Fsp3) is 0.346. The summed E-state index contributed by atoms with van der Waals surface area (Å²) < 4.78 is 5.32. The number of ether oxygens (including phenoxy) is 1. The molecule has 186 valence electrons. The average Bonchev–Trinajstić information content (AvgIpc) is 3.32. The topological polar surface area (TPSA) is 115 Å². The maximum absolute atomic E-state index is 13.6. The molecule has 36 heavy (non-hydrogen) atoms. The number of amides is 2. The number of ketones is 1. The summed E-state index contributed by atoms with van der Waals surface area (Å²) in [4.78, 5) is 28.6. The lowest BCUT2D eigenvalue weighted by Gasteiger charge is -2.27. The Bertz CT molecular complexity index is 1270. The van der Waals surface area contributed by atoms with Gasteiger partial charge in [-0.1, -0.05) is 24.3 Å². The summed E-state index contributed by atoms with van der Waals surface area (Å²) >= 11 is 0. The number of anilines is 2. The molecule has 10 nitrogen and oxygen atoms in total. The van der Waals surface area contributed by atoms with Gasteiger partial charge in [0.25, 0.3) is 0 Å². The number of H-pyrrole nitrogens is 1. The van der Waals surface area contributed by atoms with Crippen molar-refractivity contribution in [2.24, 2.45) is 0 Å². The van der Waals surface area contributed by atoms with E-state index in [-0.39, 0.29) is 11.8 Å². The molecule has 1 aromatic heterocycles. The van der Waals surface area contributed by atoms with E-state index in [0.717, 1.165) is 43.7 Å². The molecule has 3 aromatic rings. The third-order valence-electron chi connectivity index (χ3n) is 6.92. The molecule has 0 spiro atoms. The Labute approximate surface area is 209 Å². The molecule has 0 unspecified atom stereocenters. The summed E-state index contributed by atoms with van der Waals surface area (Å²) in [6.45, 7) is 6.39. The number of carbonyl (C=O) groups excluding carboxylic acids is 2. The minimum Gasteiger partial charge on any atom is -0.379 e. The van der Waals surface area contributed by atoms with Gasteiger partial charge in [-0.25, -0.2) is 9.80 Å². The maximum atomic E-state index is 13.6. The minimum atomic E-state index is -0.383. The largest absolute Gasteiger partial charge is 0.379 e. The van der Waals surface area contributed by atoms with Gasteiger partial charge in [0.15, 0.2) is 5.78 Å². The molecule has 0 bridgehead atoms. The number of nitrogens with zero attached hydrogens (tertiary/aromatic N) is 3. The molecular weight excluding hydrogens is 458 g/mol. The van der Waals surface area contributed by atoms with Crippen LogP contribution in [-0.2, 0) is 4.74 Å². The number of aromatic nitrogens is 2. The van der Waals surface area contributed by atoms with Gasteiger partial charge in [0.1, 0.15) is 5.69 Å². The van der Waals surface area contributed by atoms with Crippen LogP contribution in [0.15, 0.2) is 42.5 Å². The second kappa shape index (κ2) is 9.73. The Morgan fingerprint density at radius 1 is 0.972 bits per heavy atom. The summed E-state index contributed by atoms with van der Waals surface area (Å²) in [5, 5.41) is 15.6. The Hall–Kier alpha value is -3.73. The van der Waals surface area contributed by atoms with Crippen molar-refractivity contribution in [3.8, 4) is 22.5 Å². The van der Waals surface area contributed by atoms with Crippen LogP contribution in [0.2, 0.25) is 0 Å². The molecule has 1 aliphatic carbocycles. The molecular formula is C26H29N7O3. The van der Waals surface area contributed by atoms with Gasteiger partial charge < -0.3 is 20.3 Å². The van der Waals surface area contributed by atoms with E-state index < -0.39 is 0 Å². The monoisotopic (exact) mass is 487 g/mol. The first kappa shape index (κ1) is 22.7. The minimum absolute atomic E-state index is 0.145. The standard InChI is InChI=1S/C26H29N7O3/c34-25-21-19(3-1-4-20(21)28-26(35)31-33-13-15-36-16-14-33)24-22(25)23(29-30-24)17-5-7-18(8-6-17)32-11-2-9-27-10-12-32/h1,3-8,27H,2,9-16H2,(H,29,30)(H2,28,31,35). The fourth-order valence-corrected chi connectivity index (χ4v) is 5.10. The van der Waals surface area contributed by atoms with E-state index in [1.807, 2.05) is 24.3 Å². The maximum Gasteiger partial charge on any atom is 0.333 e. The van der Waals surface area contributed by atoms with E-state index in [0.29, 0.717) is 54.5 Å². The summed E-state index contributed by atoms with van der Waals surface area (Å²) in [6, 6.07) is 13.3. The zero-order valence-electron chi connectivity index (χ0n) is 20.0. The SMILES string of the molecule is O=C(Nc1cccc2c1C(=O)c1c(-c3ccc(N4CCCNCC4)cc3)n[nH]c1-2)NN1CCOCC1. The van der Waals surface area contributed by atoms with Gasteiger partial charge in [-0.3, -0.25) is 15.3 Å². The van der Waals surface area contributed by atoms with E-state index >= 15 is 0 Å². The molecule has 2 aliphatic heterocycles. The number of carbonyl (C=O) groups is 2. The quantitative estimate of drug-likeness (QED) is 0.350. The number of urea groups is 1. The average molecular weight is 488 g/mol. The number of hydrazine groups is 1. The highest BCUT2D eigenvalue weighted by atomic mass is 16.5. The second-order valence-corrected chi connectivity index (χ2v) is 9.18. The molecule has 3 aliphatic rings. The van der Waals surface area contributed by atoms with Crippen molar-refractivity contribution in [1.29, 1.82) is 0 Å². The number of aromatic amines is 1. The second-order valence-electron chi connectivity index (χ2n) is 9.18.